The van der Waals surface area contributed by atoms with Crippen LogP contribution in [0, 0.1) is 51.4 Å². The number of hydrogen-bond acceptors (Lipinski definition) is 0. The van der Waals surface area contributed by atoms with E-state index in [1.165, 1.54) is 11.1 Å². The molecule has 0 aliphatic carbocycles. The van der Waals surface area contributed by atoms with Crippen molar-refractivity contribution >= 4 is 0 Å². The molecule has 0 saturated heterocycles. The fourth-order valence-electron chi connectivity index (χ4n) is 2.78. The van der Waals surface area contributed by atoms with E-state index < -0.39 is 0 Å². The summed E-state index contributed by atoms with van der Waals surface area (Å²) in [7, 11) is 0. The van der Waals surface area contributed by atoms with Crippen molar-refractivity contribution in [2.75, 3.05) is 0 Å². The van der Waals surface area contributed by atoms with Crippen LogP contribution >= 0.6 is 0 Å². The maximum atomic E-state index is 3.32. The minimum absolute atomic E-state index is 1.06. The van der Waals surface area contributed by atoms with E-state index in [2.05, 4.69) is 87.8 Å². The Bertz CT molecular complexity index is 987. The first-order valence-corrected chi connectivity index (χ1v) is 10.8. The van der Waals surface area contributed by atoms with Gasteiger partial charge in [0.15, 0.2) is 0 Å². The number of aryl methyl sites for hydroxylation is 4. The number of rotatable bonds is 0. The van der Waals surface area contributed by atoms with Gasteiger partial charge in [0, 0.05) is 22.3 Å². The van der Waals surface area contributed by atoms with Gasteiger partial charge in [-0.2, -0.15) is 0 Å². The van der Waals surface area contributed by atoms with E-state index in [1.54, 1.807) is 0 Å². The standard InChI is InChI=1S/C26H22.2C2H6/c1-19-9-5-7-11-23(19)13-15-25-17-22(4)26(18-21(25)3)16-14-24-12-8-6-10-20(24)2;2*1-2/h5-12,17-18H,1-4H3;2*1-2H3. The van der Waals surface area contributed by atoms with Crippen LogP contribution < -0.4 is 0 Å². The van der Waals surface area contributed by atoms with Gasteiger partial charge < -0.3 is 0 Å². The van der Waals surface area contributed by atoms with E-state index in [0.29, 0.717) is 0 Å². The molecular formula is C30H34. The first kappa shape index (κ1) is 24.8. The molecule has 30 heavy (non-hydrogen) atoms. The molecule has 0 bridgehead atoms. The molecule has 0 spiro atoms. The van der Waals surface area contributed by atoms with Crippen molar-refractivity contribution in [3.8, 4) is 23.7 Å². The summed E-state index contributed by atoms with van der Waals surface area (Å²) >= 11 is 0. The first-order chi connectivity index (χ1) is 14.5. The van der Waals surface area contributed by atoms with Crippen LogP contribution in [-0.4, -0.2) is 0 Å². The molecule has 0 saturated carbocycles. The molecular weight excluding hydrogens is 360 g/mol. The molecule has 0 atom stereocenters. The van der Waals surface area contributed by atoms with Crippen LogP contribution in [0.15, 0.2) is 60.7 Å². The second kappa shape index (κ2) is 13.1. The molecule has 3 aromatic carbocycles. The Morgan fingerprint density at radius 3 is 1.03 bits per heavy atom. The number of benzene rings is 3. The third kappa shape index (κ3) is 6.99. The van der Waals surface area contributed by atoms with Crippen LogP contribution in [0.25, 0.3) is 0 Å². The van der Waals surface area contributed by atoms with Crippen LogP contribution in [-0.2, 0) is 0 Å². The second-order valence-electron chi connectivity index (χ2n) is 6.61. The van der Waals surface area contributed by atoms with Gasteiger partial charge in [0.25, 0.3) is 0 Å². The summed E-state index contributed by atoms with van der Waals surface area (Å²) in [6.07, 6.45) is 0. The summed E-state index contributed by atoms with van der Waals surface area (Å²) in [5.41, 5.74) is 9.00. The molecule has 0 heterocycles. The van der Waals surface area contributed by atoms with Crippen molar-refractivity contribution in [3.63, 3.8) is 0 Å². The average molecular weight is 395 g/mol. The third-order valence-electron chi connectivity index (χ3n) is 4.53. The zero-order chi connectivity index (χ0) is 22.5. The van der Waals surface area contributed by atoms with E-state index in [1.807, 2.05) is 52.0 Å². The lowest BCUT2D eigenvalue weighted by Crippen LogP contribution is -1.90. The van der Waals surface area contributed by atoms with Crippen molar-refractivity contribution in [2.45, 2.75) is 55.4 Å². The van der Waals surface area contributed by atoms with Crippen molar-refractivity contribution in [3.05, 3.63) is 105 Å². The molecule has 0 heteroatoms. The van der Waals surface area contributed by atoms with Gasteiger partial charge in [-0.25, -0.2) is 0 Å². The highest BCUT2D eigenvalue weighted by Gasteiger charge is 2.02. The highest BCUT2D eigenvalue weighted by molar-refractivity contribution is 5.55. The summed E-state index contributed by atoms with van der Waals surface area (Å²) in [6, 6.07) is 20.7. The lowest BCUT2D eigenvalue weighted by Gasteiger charge is -2.04. The highest BCUT2D eigenvalue weighted by atomic mass is 14.0. The summed E-state index contributed by atoms with van der Waals surface area (Å²) in [4.78, 5) is 0. The van der Waals surface area contributed by atoms with Gasteiger partial charge in [-0.1, -0.05) is 87.8 Å². The molecule has 3 aromatic rings. The number of hydrogen-bond donors (Lipinski definition) is 0. The predicted octanol–water partition coefficient (Wildman–Crippen LogP) is 7.77. The summed E-state index contributed by atoms with van der Waals surface area (Å²) in [5.74, 6) is 13.2. The predicted molar refractivity (Wildman–Crippen MR) is 133 cm³/mol. The third-order valence-corrected chi connectivity index (χ3v) is 4.53. The van der Waals surface area contributed by atoms with Gasteiger partial charge in [0.1, 0.15) is 0 Å². The van der Waals surface area contributed by atoms with Gasteiger partial charge in [-0.3, -0.25) is 0 Å². The fourth-order valence-corrected chi connectivity index (χ4v) is 2.78. The Morgan fingerprint density at radius 2 is 0.700 bits per heavy atom. The largest absolute Gasteiger partial charge is 0.0683 e. The van der Waals surface area contributed by atoms with E-state index in [4.69, 9.17) is 0 Å². The monoisotopic (exact) mass is 394 g/mol. The summed E-state index contributed by atoms with van der Waals surface area (Å²) in [6.45, 7) is 16.4. The Hall–Kier alpha value is -3.22. The first-order valence-electron chi connectivity index (χ1n) is 10.8. The molecule has 0 aromatic heterocycles. The lowest BCUT2D eigenvalue weighted by atomic mass is 9.99. The van der Waals surface area contributed by atoms with Gasteiger partial charge in [-0.15, -0.1) is 0 Å². The van der Waals surface area contributed by atoms with Crippen LogP contribution in [0.4, 0.5) is 0 Å². The minimum Gasteiger partial charge on any atom is -0.0683 e. The molecule has 0 nitrogen and oxygen atoms in total. The van der Waals surface area contributed by atoms with Crippen LogP contribution in [0.1, 0.15) is 72.2 Å². The lowest BCUT2D eigenvalue weighted by molar-refractivity contribution is 1.34. The second-order valence-corrected chi connectivity index (χ2v) is 6.61. The topological polar surface area (TPSA) is 0 Å². The minimum atomic E-state index is 1.06. The normalized spacial score (nSPS) is 8.80. The van der Waals surface area contributed by atoms with E-state index in [-0.39, 0.29) is 0 Å². The van der Waals surface area contributed by atoms with Crippen LogP contribution in [0.5, 0.6) is 0 Å². The molecule has 0 unspecified atom stereocenters. The Labute approximate surface area is 184 Å². The van der Waals surface area contributed by atoms with Crippen molar-refractivity contribution in [1.82, 2.24) is 0 Å². The molecule has 0 aliphatic rings. The smallest absolute Gasteiger partial charge is 0.0281 e. The van der Waals surface area contributed by atoms with Crippen LogP contribution in [0.3, 0.4) is 0 Å². The quantitative estimate of drug-likeness (QED) is 0.342. The molecule has 0 radical (unpaired) electrons. The van der Waals surface area contributed by atoms with Gasteiger partial charge >= 0.3 is 0 Å². The molecule has 3 rings (SSSR count). The van der Waals surface area contributed by atoms with E-state index in [9.17, 15) is 0 Å². The summed E-state index contributed by atoms with van der Waals surface area (Å²) in [5, 5.41) is 0. The van der Waals surface area contributed by atoms with Crippen LogP contribution in [0.2, 0.25) is 0 Å². The van der Waals surface area contributed by atoms with Crippen molar-refractivity contribution in [2.24, 2.45) is 0 Å². The Morgan fingerprint density at radius 1 is 0.400 bits per heavy atom. The maximum Gasteiger partial charge on any atom is 0.0281 e. The Balaban J connectivity index is 0.00000106. The molecule has 0 N–H and O–H groups in total. The molecule has 0 amide bonds. The molecule has 0 aliphatic heterocycles. The highest BCUT2D eigenvalue weighted by Crippen LogP contribution is 2.16. The van der Waals surface area contributed by atoms with Crippen molar-refractivity contribution in [1.29, 1.82) is 0 Å². The van der Waals surface area contributed by atoms with Gasteiger partial charge in [-0.05, 0) is 74.2 Å². The van der Waals surface area contributed by atoms with Gasteiger partial charge in [0.2, 0.25) is 0 Å². The van der Waals surface area contributed by atoms with Crippen molar-refractivity contribution < 1.29 is 0 Å². The van der Waals surface area contributed by atoms with Gasteiger partial charge in [0.05, 0.1) is 0 Å². The molecule has 154 valence electrons. The summed E-state index contributed by atoms with van der Waals surface area (Å²) < 4.78 is 0. The fraction of sp³-hybridized carbons (Fsp3) is 0.267. The van der Waals surface area contributed by atoms with E-state index >= 15 is 0 Å². The Kier molecular flexibility index (Phi) is 10.8. The SMILES string of the molecule is CC.CC.Cc1ccccc1C#Cc1cc(C)c(C#Cc2ccccc2C)cc1C. The average Bonchev–Trinajstić information content (AvgIpc) is 2.78. The maximum absolute atomic E-state index is 3.32. The zero-order valence-corrected chi connectivity index (χ0v) is 19.8. The zero-order valence-electron chi connectivity index (χ0n) is 19.8. The molecule has 0 fully saturated rings. The van der Waals surface area contributed by atoms with E-state index in [0.717, 1.165) is 33.4 Å².